The highest BCUT2D eigenvalue weighted by Crippen LogP contribution is 2.34. The summed E-state index contributed by atoms with van der Waals surface area (Å²) in [5, 5.41) is 9.66. The minimum atomic E-state index is -4.84. The third-order valence-corrected chi connectivity index (χ3v) is 7.55. The molecule has 0 aliphatic carbocycles. The summed E-state index contributed by atoms with van der Waals surface area (Å²) in [6, 6.07) is 15.9. The third kappa shape index (κ3) is 5.85. The smallest absolute Gasteiger partial charge is 0.326 e. The molecule has 0 saturated carbocycles. The van der Waals surface area contributed by atoms with Gasteiger partial charge in [-0.15, -0.1) is 0 Å². The zero-order valence-electron chi connectivity index (χ0n) is 22.5. The number of carbonyl (C=O) groups is 2. The summed E-state index contributed by atoms with van der Waals surface area (Å²) >= 11 is 12.6. The summed E-state index contributed by atoms with van der Waals surface area (Å²) in [5.41, 5.74) is -0.773. The monoisotopic (exact) mass is 616 g/mol. The first-order chi connectivity index (χ1) is 19.9. The number of nitrogens with zero attached hydrogens (tertiary/aromatic N) is 4. The lowest BCUT2D eigenvalue weighted by Crippen LogP contribution is -2.68. The maximum absolute atomic E-state index is 14.2. The Morgan fingerprint density at radius 2 is 1.81 bits per heavy atom. The Labute approximate surface area is 249 Å². The number of carbonyl (C=O) groups excluding carboxylic acids is 2. The fourth-order valence-electron chi connectivity index (χ4n) is 4.73. The van der Waals surface area contributed by atoms with E-state index in [4.69, 9.17) is 23.2 Å². The van der Waals surface area contributed by atoms with Crippen molar-refractivity contribution in [3.8, 4) is 5.82 Å². The average Bonchev–Trinajstić information content (AvgIpc) is 3.38. The van der Waals surface area contributed by atoms with Gasteiger partial charge in [-0.1, -0.05) is 53.5 Å². The molecule has 2 aromatic heterocycles. The van der Waals surface area contributed by atoms with E-state index < -0.39 is 34.9 Å². The molecule has 1 saturated heterocycles. The summed E-state index contributed by atoms with van der Waals surface area (Å²) in [5.74, 6) is -1.52. The topological polar surface area (TPSA) is 92.2 Å². The van der Waals surface area contributed by atoms with Crippen molar-refractivity contribution in [1.82, 2.24) is 25.0 Å². The number of hydrogen-bond donors (Lipinski definition) is 2. The molecule has 1 fully saturated rings. The Morgan fingerprint density at radius 3 is 2.43 bits per heavy atom. The zero-order valence-corrected chi connectivity index (χ0v) is 24.0. The van der Waals surface area contributed by atoms with E-state index in [1.165, 1.54) is 24.4 Å². The number of amides is 2. The molecule has 2 aromatic carbocycles. The highest BCUT2D eigenvalue weighted by atomic mass is 35.5. The largest absolute Gasteiger partial charge is 0.435 e. The standard InChI is InChI=1S/C29H25Cl2F3N6O2/c1-17-11-19(30)12-20(27(42)39(28(2)15-35-16-28)14-18-7-4-3-5-8-18)24(17)37-26(41)22-13-23(29(32,33)34)38-40(22)25-21(31)9-6-10-36-25/h3-13,35H,14-16H2,1-2H3,(H,37,41). The van der Waals surface area contributed by atoms with Gasteiger partial charge in [-0.2, -0.15) is 18.3 Å². The van der Waals surface area contributed by atoms with Crippen LogP contribution in [0.3, 0.4) is 0 Å². The average molecular weight is 617 g/mol. The van der Waals surface area contributed by atoms with Crippen LogP contribution in [0.25, 0.3) is 5.82 Å². The molecule has 42 heavy (non-hydrogen) atoms. The van der Waals surface area contributed by atoms with E-state index in [-0.39, 0.29) is 33.7 Å². The minimum absolute atomic E-state index is 0.0131. The predicted molar refractivity (Wildman–Crippen MR) is 153 cm³/mol. The van der Waals surface area contributed by atoms with Crippen LogP contribution in [0.15, 0.2) is 66.9 Å². The van der Waals surface area contributed by atoms with Gasteiger partial charge in [0.1, 0.15) is 5.69 Å². The maximum Gasteiger partial charge on any atom is 0.435 e. The first kappa shape index (κ1) is 29.6. The molecule has 4 aromatic rings. The number of alkyl halides is 3. The van der Waals surface area contributed by atoms with Gasteiger partial charge in [0.2, 0.25) is 0 Å². The van der Waals surface area contributed by atoms with E-state index in [0.717, 1.165) is 10.2 Å². The molecule has 13 heteroatoms. The number of pyridine rings is 1. The highest BCUT2D eigenvalue weighted by molar-refractivity contribution is 6.32. The van der Waals surface area contributed by atoms with Crippen LogP contribution in [-0.2, 0) is 12.7 Å². The second-order valence-corrected chi connectivity index (χ2v) is 11.1. The highest BCUT2D eigenvalue weighted by Gasteiger charge is 2.42. The fourth-order valence-corrected chi connectivity index (χ4v) is 5.20. The van der Waals surface area contributed by atoms with Crippen molar-refractivity contribution in [3.05, 3.63) is 105 Å². The summed E-state index contributed by atoms with van der Waals surface area (Å²) in [4.78, 5) is 33.5. The van der Waals surface area contributed by atoms with E-state index in [1.807, 2.05) is 37.3 Å². The SMILES string of the molecule is Cc1cc(Cl)cc(C(=O)N(Cc2ccccc2)C2(C)CNC2)c1NC(=O)c1cc(C(F)(F)F)nn1-c1ncccc1Cl. The number of aryl methyl sites for hydroxylation is 1. The van der Waals surface area contributed by atoms with Crippen LogP contribution >= 0.6 is 23.2 Å². The molecular weight excluding hydrogens is 592 g/mol. The van der Waals surface area contributed by atoms with Crippen LogP contribution in [0, 0.1) is 6.92 Å². The molecule has 1 aliphatic heterocycles. The van der Waals surface area contributed by atoms with Gasteiger partial charge in [-0.25, -0.2) is 9.67 Å². The molecule has 5 rings (SSSR count). The van der Waals surface area contributed by atoms with Crippen LogP contribution < -0.4 is 10.6 Å². The number of anilines is 1. The molecule has 1 aliphatic rings. The third-order valence-electron chi connectivity index (χ3n) is 7.03. The molecular formula is C29H25Cl2F3N6O2. The summed E-state index contributed by atoms with van der Waals surface area (Å²) in [6.07, 6.45) is -3.53. The Kier molecular flexibility index (Phi) is 8.02. The van der Waals surface area contributed by atoms with E-state index >= 15 is 0 Å². The van der Waals surface area contributed by atoms with Crippen LogP contribution in [0.1, 0.15) is 44.6 Å². The van der Waals surface area contributed by atoms with Crippen LogP contribution in [0.4, 0.5) is 18.9 Å². The van der Waals surface area contributed by atoms with Crippen LogP contribution in [0.5, 0.6) is 0 Å². The number of aromatic nitrogens is 3. The molecule has 2 amide bonds. The van der Waals surface area contributed by atoms with Crippen molar-refractivity contribution < 1.29 is 22.8 Å². The van der Waals surface area contributed by atoms with Crippen molar-refractivity contribution in [2.24, 2.45) is 0 Å². The van der Waals surface area contributed by atoms with E-state index in [0.29, 0.717) is 24.7 Å². The summed E-state index contributed by atoms with van der Waals surface area (Å²) < 4.78 is 41.7. The van der Waals surface area contributed by atoms with Crippen molar-refractivity contribution in [1.29, 1.82) is 0 Å². The Morgan fingerprint density at radius 1 is 1.10 bits per heavy atom. The Hall–Kier alpha value is -3.93. The molecule has 0 atom stereocenters. The van der Waals surface area contributed by atoms with Crippen molar-refractivity contribution in [2.45, 2.75) is 32.1 Å². The van der Waals surface area contributed by atoms with E-state index in [2.05, 4.69) is 20.7 Å². The maximum atomic E-state index is 14.2. The van der Waals surface area contributed by atoms with Gasteiger partial charge >= 0.3 is 6.18 Å². The van der Waals surface area contributed by atoms with E-state index in [9.17, 15) is 22.8 Å². The number of nitrogens with one attached hydrogen (secondary N) is 2. The molecule has 0 unspecified atom stereocenters. The van der Waals surface area contributed by atoms with Gasteiger partial charge in [-0.05, 0) is 49.2 Å². The number of benzene rings is 2. The van der Waals surface area contributed by atoms with Gasteiger partial charge in [0.15, 0.2) is 11.5 Å². The molecule has 218 valence electrons. The van der Waals surface area contributed by atoms with Gasteiger partial charge in [0.05, 0.1) is 21.8 Å². The Balaban J connectivity index is 1.56. The quantitative estimate of drug-likeness (QED) is 0.259. The summed E-state index contributed by atoms with van der Waals surface area (Å²) in [6.45, 7) is 4.99. The van der Waals surface area contributed by atoms with Crippen LogP contribution in [0.2, 0.25) is 10.0 Å². The van der Waals surface area contributed by atoms with Crippen molar-refractivity contribution >= 4 is 40.7 Å². The van der Waals surface area contributed by atoms with Gasteiger partial charge in [-0.3, -0.25) is 9.59 Å². The predicted octanol–water partition coefficient (Wildman–Crippen LogP) is 6.16. The normalized spacial score (nSPS) is 14.3. The summed E-state index contributed by atoms with van der Waals surface area (Å²) in [7, 11) is 0. The molecule has 2 N–H and O–H groups in total. The molecule has 8 nitrogen and oxygen atoms in total. The van der Waals surface area contributed by atoms with Gasteiger partial charge < -0.3 is 15.5 Å². The van der Waals surface area contributed by atoms with E-state index in [1.54, 1.807) is 17.9 Å². The first-order valence-electron chi connectivity index (χ1n) is 12.8. The lowest BCUT2D eigenvalue weighted by atomic mass is 9.90. The number of hydrogen-bond acceptors (Lipinski definition) is 5. The second kappa shape index (κ2) is 11.4. The molecule has 3 heterocycles. The van der Waals surface area contributed by atoms with Crippen molar-refractivity contribution in [2.75, 3.05) is 18.4 Å². The first-order valence-corrected chi connectivity index (χ1v) is 13.6. The zero-order chi connectivity index (χ0) is 30.2. The lowest BCUT2D eigenvalue weighted by Gasteiger charge is -2.48. The number of rotatable bonds is 7. The number of halogens is 5. The van der Waals surface area contributed by atoms with Crippen LogP contribution in [-0.4, -0.2) is 50.1 Å². The minimum Gasteiger partial charge on any atom is -0.326 e. The van der Waals surface area contributed by atoms with Gasteiger partial charge in [0, 0.05) is 36.9 Å². The Bertz CT molecular complexity index is 1660. The fraction of sp³-hybridized carbons (Fsp3) is 0.241. The molecule has 0 spiro atoms. The van der Waals surface area contributed by atoms with Crippen molar-refractivity contribution in [3.63, 3.8) is 0 Å². The molecule has 0 bridgehead atoms. The lowest BCUT2D eigenvalue weighted by molar-refractivity contribution is -0.141. The molecule has 0 radical (unpaired) electrons. The second-order valence-electron chi connectivity index (χ2n) is 10.2. The van der Waals surface area contributed by atoms with Gasteiger partial charge in [0.25, 0.3) is 11.8 Å².